The Labute approximate surface area is 141 Å². The molecule has 2 aromatic heterocycles. The maximum absolute atomic E-state index is 12.6. The van der Waals surface area contributed by atoms with Gasteiger partial charge in [0.2, 0.25) is 0 Å². The number of rotatable bonds is 3. The lowest BCUT2D eigenvalue weighted by Crippen LogP contribution is -2.40. The van der Waals surface area contributed by atoms with E-state index in [-0.39, 0.29) is 11.5 Å². The molecule has 1 aliphatic rings. The summed E-state index contributed by atoms with van der Waals surface area (Å²) in [5, 5.41) is 0. The molecule has 0 radical (unpaired) electrons. The van der Waals surface area contributed by atoms with Crippen molar-refractivity contribution in [3.05, 3.63) is 51.6 Å². The average Bonchev–Trinajstić information content (AvgIpc) is 2.90. The van der Waals surface area contributed by atoms with Gasteiger partial charge in [0.25, 0.3) is 11.5 Å². The molecule has 1 saturated heterocycles. The van der Waals surface area contributed by atoms with Crippen LogP contribution in [0.1, 0.15) is 40.3 Å². The van der Waals surface area contributed by atoms with E-state index in [1.807, 2.05) is 24.8 Å². The minimum absolute atomic E-state index is 0.0213. The van der Waals surface area contributed by atoms with Crippen molar-refractivity contribution < 1.29 is 9.21 Å². The Morgan fingerprint density at radius 3 is 2.62 bits per heavy atom. The molecule has 1 fully saturated rings. The molecule has 6 heteroatoms. The summed E-state index contributed by atoms with van der Waals surface area (Å²) in [5.74, 6) is 1.87. The molecule has 0 aliphatic carbocycles. The number of aryl methyl sites for hydroxylation is 3. The highest BCUT2D eigenvalue weighted by Gasteiger charge is 2.26. The molecule has 0 unspecified atom stereocenters. The summed E-state index contributed by atoms with van der Waals surface area (Å²) >= 11 is 0. The number of hydrogen-bond acceptors (Lipinski definition) is 4. The van der Waals surface area contributed by atoms with Gasteiger partial charge in [-0.15, -0.1) is 0 Å². The first-order valence-corrected chi connectivity index (χ1v) is 8.33. The van der Waals surface area contributed by atoms with Gasteiger partial charge in [-0.25, -0.2) is 4.98 Å². The van der Waals surface area contributed by atoms with Crippen molar-refractivity contribution in [1.29, 1.82) is 0 Å². The van der Waals surface area contributed by atoms with Crippen molar-refractivity contribution in [2.75, 3.05) is 13.1 Å². The summed E-state index contributed by atoms with van der Waals surface area (Å²) in [6, 6.07) is 1.81. The second-order valence-corrected chi connectivity index (χ2v) is 6.60. The molecule has 3 heterocycles. The number of furan rings is 1. The van der Waals surface area contributed by atoms with Crippen LogP contribution in [0.3, 0.4) is 0 Å². The Morgan fingerprint density at radius 1 is 1.29 bits per heavy atom. The summed E-state index contributed by atoms with van der Waals surface area (Å²) in [6.07, 6.45) is 4.98. The van der Waals surface area contributed by atoms with Gasteiger partial charge in [0.15, 0.2) is 0 Å². The number of nitrogens with zero attached hydrogens (tertiary/aromatic N) is 3. The molecule has 6 nitrogen and oxygen atoms in total. The van der Waals surface area contributed by atoms with Crippen LogP contribution in [0.4, 0.5) is 0 Å². The first-order chi connectivity index (χ1) is 11.5. The van der Waals surface area contributed by atoms with Crippen LogP contribution in [-0.4, -0.2) is 33.4 Å². The van der Waals surface area contributed by atoms with Gasteiger partial charge in [-0.1, -0.05) is 0 Å². The van der Waals surface area contributed by atoms with Crippen LogP contribution in [0, 0.1) is 26.7 Å². The lowest BCUT2D eigenvalue weighted by atomic mass is 9.96. The SMILES string of the molecule is Cc1cc(C(=O)N2CCC(Cn3cncc(C)c3=O)CC2)c(C)o1. The van der Waals surface area contributed by atoms with Crippen molar-refractivity contribution in [3.63, 3.8) is 0 Å². The molecule has 0 bridgehead atoms. The molecule has 2 aromatic rings. The van der Waals surface area contributed by atoms with Gasteiger partial charge in [0, 0.05) is 31.4 Å². The topological polar surface area (TPSA) is 68.3 Å². The third-order valence-electron chi connectivity index (χ3n) is 4.70. The predicted molar refractivity (Wildman–Crippen MR) is 90.0 cm³/mol. The van der Waals surface area contributed by atoms with E-state index in [0.29, 0.717) is 42.4 Å². The van der Waals surface area contributed by atoms with Crippen molar-refractivity contribution in [2.45, 2.75) is 40.2 Å². The highest BCUT2D eigenvalue weighted by atomic mass is 16.3. The second-order valence-electron chi connectivity index (χ2n) is 6.60. The second kappa shape index (κ2) is 6.63. The van der Waals surface area contributed by atoms with E-state index in [1.54, 1.807) is 24.0 Å². The number of hydrogen-bond donors (Lipinski definition) is 0. The van der Waals surface area contributed by atoms with E-state index < -0.39 is 0 Å². The fraction of sp³-hybridized carbons (Fsp3) is 0.500. The molecule has 1 amide bonds. The fourth-order valence-electron chi connectivity index (χ4n) is 3.30. The van der Waals surface area contributed by atoms with Crippen LogP contribution in [0.25, 0.3) is 0 Å². The van der Waals surface area contributed by atoms with Gasteiger partial charge in [0.1, 0.15) is 11.5 Å². The van der Waals surface area contributed by atoms with Crippen LogP contribution in [0.15, 0.2) is 27.8 Å². The fourth-order valence-corrected chi connectivity index (χ4v) is 3.30. The van der Waals surface area contributed by atoms with Crippen LogP contribution >= 0.6 is 0 Å². The molecule has 0 atom stereocenters. The van der Waals surface area contributed by atoms with Crippen molar-refractivity contribution in [1.82, 2.24) is 14.5 Å². The monoisotopic (exact) mass is 329 g/mol. The van der Waals surface area contributed by atoms with Gasteiger partial charge in [-0.2, -0.15) is 0 Å². The number of likely N-dealkylation sites (tertiary alicyclic amines) is 1. The van der Waals surface area contributed by atoms with E-state index in [0.717, 1.165) is 18.6 Å². The summed E-state index contributed by atoms with van der Waals surface area (Å²) < 4.78 is 7.14. The normalized spacial score (nSPS) is 15.7. The van der Waals surface area contributed by atoms with Gasteiger partial charge in [-0.05, 0) is 45.6 Å². The molecule has 0 aromatic carbocycles. The van der Waals surface area contributed by atoms with Crippen molar-refractivity contribution in [2.24, 2.45) is 5.92 Å². The van der Waals surface area contributed by atoms with Crippen LogP contribution in [0.5, 0.6) is 0 Å². The third-order valence-corrected chi connectivity index (χ3v) is 4.70. The molecular formula is C18H23N3O3. The average molecular weight is 329 g/mol. The van der Waals surface area contributed by atoms with Crippen LogP contribution < -0.4 is 5.56 Å². The number of aromatic nitrogens is 2. The Hall–Kier alpha value is -2.37. The van der Waals surface area contributed by atoms with E-state index >= 15 is 0 Å². The molecule has 3 rings (SSSR count). The Bertz CT molecular complexity index is 798. The zero-order chi connectivity index (χ0) is 17.3. The number of carbonyl (C=O) groups excluding carboxylic acids is 1. The van der Waals surface area contributed by atoms with E-state index in [4.69, 9.17) is 4.42 Å². The Morgan fingerprint density at radius 2 is 2.00 bits per heavy atom. The third kappa shape index (κ3) is 3.27. The molecule has 0 saturated carbocycles. The molecular weight excluding hydrogens is 306 g/mol. The number of amides is 1. The standard InChI is InChI=1S/C18H23N3O3/c1-12-9-19-11-21(17(12)22)10-15-4-6-20(7-5-15)18(23)16-8-13(2)24-14(16)3/h8-9,11,15H,4-7,10H2,1-3H3. The van der Waals surface area contributed by atoms with Gasteiger partial charge >= 0.3 is 0 Å². The van der Waals surface area contributed by atoms with E-state index in [1.165, 1.54) is 0 Å². The van der Waals surface area contributed by atoms with Crippen LogP contribution in [-0.2, 0) is 6.54 Å². The summed E-state index contributed by atoms with van der Waals surface area (Å²) in [4.78, 5) is 30.7. The van der Waals surface area contributed by atoms with E-state index in [2.05, 4.69) is 4.98 Å². The van der Waals surface area contributed by atoms with Gasteiger partial charge in [-0.3, -0.25) is 14.2 Å². The molecule has 128 valence electrons. The highest BCUT2D eigenvalue weighted by Crippen LogP contribution is 2.22. The predicted octanol–water partition coefficient (Wildman–Crippen LogP) is 2.31. The molecule has 1 aliphatic heterocycles. The first-order valence-electron chi connectivity index (χ1n) is 8.33. The summed E-state index contributed by atoms with van der Waals surface area (Å²) in [6.45, 7) is 7.54. The minimum Gasteiger partial charge on any atom is -0.466 e. The lowest BCUT2D eigenvalue weighted by molar-refractivity contribution is 0.0680. The van der Waals surface area contributed by atoms with Crippen molar-refractivity contribution >= 4 is 5.91 Å². The largest absolute Gasteiger partial charge is 0.466 e. The highest BCUT2D eigenvalue weighted by molar-refractivity contribution is 5.95. The summed E-state index contributed by atoms with van der Waals surface area (Å²) in [5.41, 5.74) is 1.34. The van der Waals surface area contributed by atoms with E-state index in [9.17, 15) is 9.59 Å². The Kier molecular flexibility index (Phi) is 4.55. The van der Waals surface area contributed by atoms with Crippen LogP contribution in [0.2, 0.25) is 0 Å². The lowest BCUT2D eigenvalue weighted by Gasteiger charge is -2.32. The minimum atomic E-state index is 0.0213. The zero-order valence-electron chi connectivity index (χ0n) is 14.4. The Balaban J connectivity index is 1.61. The van der Waals surface area contributed by atoms with Gasteiger partial charge < -0.3 is 9.32 Å². The molecule has 0 N–H and O–H groups in total. The zero-order valence-corrected chi connectivity index (χ0v) is 14.4. The van der Waals surface area contributed by atoms with Gasteiger partial charge in [0.05, 0.1) is 11.9 Å². The smallest absolute Gasteiger partial charge is 0.257 e. The maximum atomic E-state index is 12.6. The quantitative estimate of drug-likeness (QED) is 0.866. The van der Waals surface area contributed by atoms with Crippen molar-refractivity contribution in [3.8, 4) is 0 Å². The summed E-state index contributed by atoms with van der Waals surface area (Å²) in [7, 11) is 0. The number of carbonyl (C=O) groups is 1. The maximum Gasteiger partial charge on any atom is 0.257 e. The molecule has 24 heavy (non-hydrogen) atoms. The molecule has 0 spiro atoms. The number of piperidine rings is 1. The first kappa shape index (κ1) is 16.5.